The summed E-state index contributed by atoms with van der Waals surface area (Å²) >= 11 is 3.52. The molecular weight excluding hydrogens is 448 g/mol. The van der Waals surface area contributed by atoms with E-state index in [1.807, 2.05) is 36.4 Å². The minimum Gasteiger partial charge on any atom is -0.477 e. The van der Waals surface area contributed by atoms with E-state index >= 15 is 0 Å². The summed E-state index contributed by atoms with van der Waals surface area (Å²) in [6.07, 6.45) is 1.65. The normalized spacial score (nSPS) is 18.3. The number of allylic oxidation sites excluding steroid dienone is 1. The Hall–Kier alpha value is -2.66. The molecule has 2 heterocycles. The maximum Gasteiger partial charge on any atom is 0.168 e. The highest BCUT2D eigenvalue weighted by molar-refractivity contribution is 9.10. The number of nitrogens with one attached hydrogen (secondary N) is 1. The molecular formula is C25H20BrF2NO. The van der Waals surface area contributed by atoms with Crippen molar-refractivity contribution in [1.82, 2.24) is 0 Å². The van der Waals surface area contributed by atoms with Gasteiger partial charge in [0.2, 0.25) is 0 Å². The van der Waals surface area contributed by atoms with Gasteiger partial charge in [-0.05, 0) is 61.7 Å². The lowest BCUT2D eigenvalue weighted by Crippen LogP contribution is -2.32. The van der Waals surface area contributed by atoms with Gasteiger partial charge in [0.25, 0.3) is 0 Å². The Bertz CT molecular complexity index is 1230. The van der Waals surface area contributed by atoms with E-state index in [-0.39, 0.29) is 11.3 Å². The predicted molar refractivity (Wildman–Crippen MR) is 120 cm³/mol. The van der Waals surface area contributed by atoms with Crippen molar-refractivity contribution in [3.8, 4) is 16.9 Å². The number of benzene rings is 3. The van der Waals surface area contributed by atoms with Crippen LogP contribution in [0.1, 0.15) is 43.6 Å². The molecule has 1 unspecified atom stereocenters. The van der Waals surface area contributed by atoms with Crippen LogP contribution in [-0.4, -0.2) is 5.54 Å². The molecule has 0 spiro atoms. The quantitative estimate of drug-likeness (QED) is 0.400. The van der Waals surface area contributed by atoms with Crippen LogP contribution in [0.15, 0.2) is 59.1 Å². The van der Waals surface area contributed by atoms with Gasteiger partial charge in [0.1, 0.15) is 5.82 Å². The molecule has 30 heavy (non-hydrogen) atoms. The molecule has 152 valence electrons. The maximum absolute atomic E-state index is 14.7. The van der Waals surface area contributed by atoms with Crippen molar-refractivity contribution in [2.24, 2.45) is 0 Å². The molecule has 0 amide bonds. The molecule has 0 aromatic heterocycles. The van der Waals surface area contributed by atoms with E-state index in [0.29, 0.717) is 5.56 Å². The van der Waals surface area contributed by atoms with Gasteiger partial charge in [-0.25, -0.2) is 8.78 Å². The van der Waals surface area contributed by atoms with Crippen molar-refractivity contribution in [2.45, 2.75) is 32.4 Å². The largest absolute Gasteiger partial charge is 0.477 e. The first-order valence-corrected chi connectivity index (χ1v) is 10.6. The molecule has 5 rings (SSSR count). The highest BCUT2D eigenvalue weighted by Crippen LogP contribution is 2.51. The second-order valence-electron chi connectivity index (χ2n) is 8.44. The molecule has 0 aliphatic carbocycles. The van der Waals surface area contributed by atoms with E-state index in [4.69, 9.17) is 4.74 Å². The van der Waals surface area contributed by atoms with Crippen LogP contribution in [0.3, 0.4) is 0 Å². The first kappa shape index (κ1) is 19.3. The Labute approximate surface area is 182 Å². The lowest BCUT2D eigenvalue weighted by Gasteiger charge is -2.37. The standard InChI is InChI=1S/C25H20BrF2NO/c1-13-12-25(2,3)29-20-8-7-17-18-10-16(27)11-19(28)24(18)30-23(22(17)21(13)20)14-5-4-6-15(26)9-14/h4-12,23,29H,1-3H3. The average molecular weight is 468 g/mol. The molecule has 5 heteroatoms. The van der Waals surface area contributed by atoms with Gasteiger partial charge in [-0.1, -0.05) is 40.2 Å². The summed E-state index contributed by atoms with van der Waals surface area (Å²) in [5, 5.41) is 3.56. The molecule has 2 aliphatic heterocycles. The van der Waals surface area contributed by atoms with Crippen LogP contribution in [0.2, 0.25) is 0 Å². The maximum atomic E-state index is 14.7. The number of anilines is 1. The molecule has 0 saturated heterocycles. The molecule has 0 fully saturated rings. The summed E-state index contributed by atoms with van der Waals surface area (Å²) in [6.45, 7) is 6.30. The highest BCUT2D eigenvalue weighted by atomic mass is 79.9. The first-order valence-electron chi connectivity index (χ1n) is 9.80. The number of fused-ring (bicyclic) bond motifs is 5. The van der Waals surface area contributed by atoms with Crippen LogP contribution in [0.4, 0.5) is 14.5 Å². The third-order valence-electron chi connectivity index (χ3n) is 5.62. The monoisotopic (exact) mass is 467 g/mol. The van der Waals surface area contributed by atoms with Crippen LogP contribution in [-0.2, 0) is 0 Å². The van der Waals surface area contributed by atoms with Crippen LogP contribution >= 0.6 is 15.9 Å². The lowest BCUT2D eigenvalue weighted by molar-refractivity contribution is 0.231. The highest BCUT2D eigenvalue weighted by Gasteiger charge is 2.35. The predicted octanol–water partition coefficient (Wildman–Crippen LogP) is 7.48. The minimum absolute atomic E-state index is 0.0829. The molecule has 3 aromatic rings. The Kier molecular flexibility index (Phi) is 4.30. The molecule has 3 aromatic carbocycles. The lowest BCUT2D eigenvalue weighted by atomic mass is 9.80. The fourth-order valence-electron chi connectivity index (χ4n) is 4.61. The number of ether oxygens (including phenoxy) is 1. The molecule has 0 radical (unpaired) electrons. The SMILES string of the molecule is CC1=CC(C)(C)Nc2ccc3c(c21)C(c1cccc(Br)c1)Oc1c(F)cc(F)cc1-3. The third-order valence-corrected chi connectivity index (χ3v) is 6.12. The number of halogens is 3. The molecule has 2 aliphatic rings. The van der Waals surface area contributed by atoms with Crippen LogP contribution < -0.4 is 10.1 Å². The molecule has 0 bridgehead atoms. The summed E-state index contributed by atoms with van der Waals surface area (Å²) in [5.74, 6) is -1.23. The van der Waals surface area contributed by atoms with Gasteiger partial charge in [0.05, 0.1) is 5.54 Å². The van der Waals surface area contributed by atoms with E-state index in [1.165, 1.54) is 6.07 Å². The van der Waals surface area contributed by atoms with Crippen molar-refractivity contribution in [1.29, 1.82) is 0 Å². The van der Waals surface area contributed by atoms with Crippen molar-refractivity contribution in [3.05, 3.63) is 87.4 Å². The van der Waals surface area contributed by atoms with Gasteiger partial charge in [-0.2, -0.15) is 0 Å². The first-order chi connectivity index (χ1) is 14.2. The van der Waals surface area contributed by atoms with E-state index in [0.717, 1.165) is 44.1 Å². The third kappa shape index (κ3) is 3.03. The van der Waals surface area contributed by atoms with Crippen molar-refractivity contribution < 1.29 is 13.5 Å². The fraction of sp³-hybridized carbons (Fsp3) is 0.200. The van der Waals surface area contributed by atoms with Gasteiger partial charge in [-0.3, -0.25) is 0 Å². The van der Waals surface area contributed by atoms with E-state index in [1.54, 1.807) is 0 Å². The molecule has 1 N–H and O–H groups in total. The van der Waals surface area contributed by atoms with Gasteiger partial charge >= 0.3 is 0 Å². The Morgan fingerprint density at radius 1 is 1.03 bits per heavy atom. The number of hydrogen-bond acceptors (Lipinski definition) is 2. The zero-order valence-corrected chi connectivity index (χ0v) is 18.4. The zero-order valence-electron chi connectivity index (χ0n) is 16.8. The average Bonchev–Trinajstić information content (AvgIpc) is 2.65. The van der Waals surface area contributed by atoms with Gasteiger partial charge in [0.15, 0.2) is 17.7 Å². The van der Waals surface area contributed by atoms with Crippen LogP contribution in [0.25, 0.3) is 16.7 Å². The molecule has 0 saturated carbocycles. The molecule has 2 nitrogen and oxygen atoms in total. The van der Waals surface area contributed by atoms with Crippen molar-refractivity contribution >= 4 is 27.2 Å². The molecule has 1 atom stereocenters. The van der Waals surface area contributed by atoms with Gasteiger partial charge in [-0.15, -0.1) is 0 Å². The Morgan fingerprint density at radius 3 is 2.60 bits per heavy atom. The summed E-state index contributed by atoms with van der Waals surface area (Å²) in [7, 11) is 0. The van der Waals surface area contributed by atoms with Crippen molar-refractivity contribution in [3.63, 3.8) is 0 Å². The number of hydrogen-bond donors (Lipinski definition) is 1. The fourth-order valence-corrected chi connectivity index (χ4v) is 5.03. The second kappa shape index (κ2) is 6.67. The Balaban J connectivity index is 1.84. The van der Waals surface area contributed by atoms with Crippen LogP contribution in [0.5, 0.6) is 5.75 Å². The topological polar surface area (TPSA) is 21.3 Å². The zero-order chi connectivity index (χ0) is 21.2. The summed E-state index contributed by atoms with van der Waals surface area (Å²) in [4.78, 5) is 0. The van der Waals surface area contributed by atoms with Crippen LogP contribution in [0, 0.1) is 11.6 Å². The van der Waals surface area contributed by atoms with E-state index < -0.39 is 17.7 Å². The summed E-state index contributed by atoms with van der Waals surface area (Å²) in [5.41, 5.74) is 5.96. The van der Waals surface area contributed by atoms with E-state index in [2.05, 4.69) is 48.1 Å². The number of rotatable bonds is 1. The van der Waals surface area contributed by atoms with Gasteiger partial charge < -0.3 is 10.1 Å². The summed E-state index contributed by atoms with van der Waals surface area (Å²) in [6, 6.07) is 13.9. The Morgan fingerprint density at radius 2 is 1.83 bits per heavy atom. The minimum atomic E-state index is -0.695. The second-order valence-corrected chi connectivity index (χ2v) is 9.36. The van der Waals surface area contributed by atoms with E-state index in [9.17, 15) is 8.78 Å². The van der Waals surface area contributed by atoms with Crippen molar-refractivity contribution in [2.75, 3.05) is 5.32 Å². The smallest absolute Gasteiger partial charge is 0.168 e. The summed E-state index contributed by atoms with van der Waals surface area (Å²) < 4.78 is 36.0. The van der Waals surface area contributed by atoms with Gasteiger partial charge in [0, 0.05) is 32.9 Å².